The Morgan fingerprint density at radius 2 is 1.64 bits per heavy atom. The summed E-state index contributed by atoms with van der Waals surface area (Å²) in [5.74, 6) is -0.798. The minimum atomic E-state index is -4.14. The third kappa shape index (κ3) is 7.83. The molecule has 0 saturated heterocycles. The average molecular weight is 570 g/mol. The second-order valence-electron chi connectivity index (χ2n) is 9.58. The van der Waals surface area contributed by atoms with Crippen molar-refractivity contribution in [3.63, 3.8) is 0 Å². The first-order valence-electron chi connectivity index (χ1n) is 13.0. The fraction of sp³-hybridized carbons (Fsp3) is 0.333. The van der Waals surface area contributed by atoms with Crippen molar-refractivity contribution in [2.24, 2.45) is 0 Å². The van der Waals surface area contributed by atoms with Crippen molar-refractivity contribution in [3.8, 4) is 0 Å². The number of amides is 2. The molecule has 1 unspecified atom stereocenters. The van der Waals surface area contributed by atoms with Crippen molar-refractivity contribution in [1.82, 2.24) is 10.2 Å². The van der Waals surface area contributed by atoms with Crippen LogP contribution in [0.1, 0.15) is 43.4 Å². The van der Waals surface area contributed by atoms with Gasteiger partial charge in [0.05, 0.1) is 10.6 Å². The molecule has 0 spiro atoms. The van der Waals surface area contributed by atoms with E-state index in [1.54, 1.807) is 44.2 Å². The number of nitrogens with one attached hydrogen (secondary N) is 1. The Kier molecular flexibility index (Phi) is 10.5. The minimum absolute atomic E-state index is 0.0487. The Morgan fingerprint density at radius 3 is 2.28 bits per heavy atom. The van der Waals surface area contributed by atoms with E-state index in [2.05, 4.69) is 5.32 Å². The van der Waals surface area contributed by atoms with Gasteiger partial charge in [0.2, 0.25) is 11.8 Å². The molecule has 0 heterocycles. The van der Waals surface area contributed by atoms with Gasteiger partial charge in [-0.2, -0.15) is 0 Å². The summed E-state index contributed by atoms with van der Waals surface area (Å²) in [4.78, 5) is 28.5. The highest BCUT2D eigenvalue weighted by molar-refractivity contribution is 7.92. The predicted molar refractivity (Wildman–Crippen MR) is 156 cm³/mol. The fourth-order valence-corrected chi connectivity index (χ4v) is 5.75. The smallest absolute Gasteiger partial charge is 0.264 e. The van der Waals surface area contributed by atoms with Crippen LogP contribution in [-0.2, 0) is 26.2 Å². The van der Waals surface area contributed by atoms with Gasteiger partial charge in [0, 0.05) is 18.1 Å². The van der Waals surface area contributed by atoms with Crippen LogP contribution in [0.15, 0.2) is 77.7 Å². The lowest BCUT2D eigenvalue weighted by molar-refractivity contribution is -0.139. The number of hydrogen-bond donors (Lipinski definition) is 1. The number of carbonyl (C=O) groups is 2. The molecular weight excluding hydrogens is 534 g/mol. The first-order valence-corrected chi connectivity index (χ1v) is 14.8. The molecule has 0 bridgehead atoms. The lowest BCUT2D eigenvalue weighted by Crippen LogP contribution is -2.51. The number of benzene rings is 3. The summed E-state index contributed by atoms with van der Waals surface area (Å²) in [5, 5.41) is 3.23. The van der Waals surface area contributed by atoms with Gasteiger partial charge in [-0.25, -0.2) is 8.42 Å². The van der Waals surface area contributed by atoms with Crippen LogP contribution >= 0.6 is 11.6 Å². The van der Waals surface area contributed by atoms with Crippen LogP contribution in [0.25, 0.3) is 0 Å². The van der Waals surface area contributed by atoms with Gasteiger partial charge in [-0.1, -0.05) is 79.0 Å². The average Bonchev–Trinajstić information content (AvgIpc) is 2.92. The zero-order chi connectivity index (χ0) is 28.6. The van der Waals surface area contributed by atoms with Crippen LogP contribution in [0.5, 0.6) is 0 Å². The van der Waals surface area contributed by atoms with E-state index >= 15 is 0 Å². The molecule has 0 radical (unpaired) electrons. The molecule has 0 saturated carbocycles. The zero-order valence-electron chi connectivity index (χ0n) is 22.9. The van der Waals surface area contributed by atoms with E-state index in [9.17, 15) is 18.0 Å². The molecule has 1 N–H and O–H groups in total. The summed E-state index contributed by atoms with van der Waals surface area (Å²) in [6, 6.07) is 19.7. The van der Waals surface area contributed by atoms with Crippen molar-refractivity contribution >= 4 is 39.1 Å². The van der Waals surface area contributed by atoms with Crippen molar-refractivity contribution in [2.75, 3.05) is 17.4 Å². The standard InChI is InChI=1S/C30H36ClN3O4S/c1-5-6-18-32-30(36)24(4)33(20-25-15-12-22(2)13-16-25)29(35)21-34(28-19-26(31)17-14-23(28)3)39(37,38)27-10-8-7-9-11-27/h7-17,19,24H,5-6,18,20-21H2,1-4H3,(H,32,36). The molecule has 3 rings (SSSR count). The third-order valence-corrected chi connectivity index (χ3v) is 8.53. The second kappa shape index (κ2) is 13.6. The Labute approximate surface area is 236 Å². The number of anilines is 1. The largest absolute Gasteiger partial charge is 0.354 e. The quantitative estimate of drug-likeness (QED) is 0.292. The van der Waals surface area contributed by atoms with E-state index in [0.717, 1.165) is 28.3 Å². The molecule has 1 atom stereocenters. The first-order chi connectivity index (χ1) is 18.5. The molecule has 3 aromatic carbocycles. The Bertz CT molecular complexity index is 1380. The van der Waals surface area contributed by atoms with Crippen molar-refractivity contribution in [3.05, 3.63) is 94.5 Å². The van der Waals surface area contributed by atoms with E-state index in [-0.39, 0.29) is 17.3 Å². The van der Waals surface area contributed by atoms with Gasteiger partial charge in [-0.05, 0) is 62.6 Å². The second-order valence-corrected chi connectivity index (χ2v) is 11.9. The maximum atomic E-state index is 14.0. The summed E-state index contributed by atoms with van der Waals surface area (Å²) in [6.45, 7) is 7.57. The molecule has 9 heteroatoms. The van der Waals surface area contributed by atoms with Crippen LogP contribution in [0, 0.1) is 13.8 Å². The molecule has 39 heavy (non-hydrogen) atoms. The van der Waals surface area contributed by atoms with E-state index in [4.69, 9.17) is 11.6 Å². The minimum Gasteiger partial charge on any atom is -0.354 e. The van der Waals surface area contributed by atoms with Crippen LogP contribution in [0.3, 0.4) is 0 Å². The first kappa shape index (κ1) is 30.2. The van der Waals surface area contributed by atoms with Gasteiger partial charge >= 0.3 is 0 Å². The number of sulfonamides is 1. The summed E-state index contributed by atoms with van der Waals surface area (Å²) in [6.07, 6.45) is 1.74. The van der Waals surface area contributed by atoms with E-state index in [0.29, 0.717) is 22.8 Å². The topological polar surface area (TPSA) is 86.8 Å². The molecule has 0 fully saturated rings. The number of aryl methyl sites for hydroxylation is 2. The fourth-order valence-electron chi connectivity index (χ4n) is 4.09. The highest BCUT2D eigenvalue weighted by atomic mass is 35.5. The Balaban J connectivity index is 2.02. The molecule has 0 aliphatic carbocycles. The highest BCUT2D eigenvalue weighted by Crippen LogP contribution is 2.30. The van der Waals surface area contributed by atoms with Crippen LogP contribution in [0.2, 0.25) is 5.02 Å². The van der Waals surface area contributed by atoms with E-state index in [1.807, 2.05) is 38.1 Å². The third-order valence-electron chi connectivity index (χ3n) is 6.52. The normalized spacial score (nSPS) is 12.0. The molecule has 208 valence electrons. The summed E-state index contributed by atoms with van der Waals surface area (Å²) in [7, 11) is -4.14. The molecular formula is C30H36ClN3O4S. The number of nitrogens with zero attached hydrogens (tertiary/aromatic N) is 2. The Hall–Kier alpha value is -3.36. The SMILES string of the molecule is CCCCNC(=O)C(C)N(Cc1ccc(C)cc1)C(=O)CN(c1cc(Cl)ccc1C)S(=O)(=O)c1ccccc1. The monoisotopic (exact) mass is 569 g/mol. The number of halogens is 1. The summed E-state index contributed by atoms with van der Waals surface area (Å²) in [5.41, 5.74) is 2.84. The van der Waals surface area contributed by atoms with Gasteiger partial charge < -0.3 is 10.2 Å². The number of unbranched alkanes of at least 4 members (excludes halogenated alkanes) is 1. The van der Waals surface area contributed by atoms with Gasteiger partial charge in [0.1, 0.15) is 12.6 Å². The lowest BCUT2D eigenvalue weighted by Gasteiger charge is -2.32. The molecule has 0 aliphatic heterocycles. The number of carbonyl (C=O) groups excluding carboxylic acids is 2. The van der Waals surface area contributed by atoms with Crippen LogP contribution in [0.4, 0.5) is 5.69 Å². The maximum Gasteiger partial charge on any atom is 0.264 e. The molecule has 2 amide bonds. The van der Waals surface area contributed by atoms with Crippen LogP contribution in [-0.4, -0.2) is 44.3 Å². The summed E-state index contributed by atoms with van der Waals surface area (Å²) < 4.78 is 28.8. The summed E-state index contributed by atoms with van der Waals surface area (Å²) >= 11 is 6.26. The Morgan fingerprint density at radius 1 is 0.974 bits per heavy atom. The number of rotatable bonds is 12. The highest BCUT2D eigenvalue weighted by Gasteiger charge is 2.33. The van der Waals surface area contributed by atoms with E-state index < -0.39 is 28.5 Å². The van der Waals surface area contributed by atoms with Gasteiger partial charge in [0.25, 0.3) is 10.0 Å². The molecule has 0 aliphatic rings. The number of hydrogen-bond acceptors (Lipinski definition) is 4. The van der Waals surface area contributed by atoms with Crippen molar-refractivity contribution in [1.29, 1.82) is 0 Å². The predicted octanol–water partition coefficient (Wildman–Crippen LogP) is 5.49. The molecule has 3 aromatic rings. The van der Waals surface area contributed by atoms with Crippen molar-refractivity contribution in [2.45, 2.75) is 58.0 Å². The van der Waals surface area contributed by atoms with Crippen LogP contribution < -0.4 is 9.62 Å². The van der Waals surface area contributed by atoms with Gasteiger partial charge in [-0.3, -0.25) is 13.9 Å². The molecule has 0 aromatic heterocycles. The lowest BCUT2D eigenvalue weighted by atomic mass is 10.1. The van der Waals surface area contributed by atoms with Crippen molar-refractivity contribution < 1.29 is 18.0 Å². The maximum absolute atomic E-state index is 14.0. The van der Waals surface area contributed by atoms with E-state index in [1.165, 1.54) is 23.1 Å². The van der Waals surface area contributed by atoms with Gasteiger partial charge in [0.15, 0.2) is 0 Å². The molecule has 7 nitrogen and oxygen atoms in total. The van der Waals surface area contributed by atoms with Gasteiger partial charge in [-0.15, -0.1) is 0 Å². The zero-order valence-corrected chi connectivity index (χ0v) is 24.4.